The fourth-order valence-electron chi connectivity index (χ4n) is 3.13. The highest BCUT2D eigenvalue weighted by Crippen LogP contribution is 2.29. The maximum Gasteiger partial charge on any atom is 0.278 e. The first kappa shape index (κ1) is 19.9. The fraction of sp³-hybridized carbons (Fsp3) is 0.143. The molecule has 0 atom stereocenters. The van der Waals surface area contributed by atoms with Gasteiger partial charge in [-0.2, -0.15) is 5.10 Å². The summed E-state index contributed by atoms with van der Waals surface area (Å²) in [5.74, 6) is -0.854. The summed E-state index contributed by atoms with van der Waals surface area (Å²) in [6.07, 6.45) is 0. The van der Waals surface area contributed by atoms with Gasteiger partial charge in [0.2, 0.25) is 0 Å². The van der Waals surface area contributed by atoms with E-state index in [4.69, 9.17) is 16.3 Å². The number of aryl methyl sites for hydroxylation is 1. The summed E-state index contributed by atoms with van der Waals surface area (Å²) in [7, 11) is 1.58. The van der Waals surface area contributed by atoms with Crippen molar-refractivity contribution in [2.24, 2.45) is 0 Å². The minimum absolute atomic E-state index is 0.112. The van der Waals surface area contributed by atoms with Crippen LogP contribution in [0, 0.1) is 12.7 Å². The van der Waals surface area contributed by atoms with Gasteiger partial charge in [0, 0.05) is 17.8 Å². The first-order valence-electron chi connectivity index (χ1n) is 9.04. The number of ether oxygens (including phenoxy) is 1. The molecule has 0 unspecified atom stereocenters. The minimum Gasteiger partial charge on any atom is -0.378 e. The molecule has 1 amide bonds. The van der Waals surface area contributed by atoms with Crippen LogP contribution >= 0.6 is 11.6 Å². The molecule has 9 heteroatoms. The number of nitrogens with one attached hydrogen (secondary N) is 1. The molecule has 4 aromatic rings. The molecule has 0 aliphatic heterocycles. The summed E-state index contributed by atoms with van der Waals surface area (Å²) in [6.45, 7) is 1.99. The third-order valence-corrected chi connectivity index (χ3v) is 4.82. The summed E-state index contributed by atoms with van der Waals surface area (Å²) >= 11 is 6.01. The monoisotopic (exact) mass is 425 g/mol. The summed E-state index contributed by atoms with van der Waals surface area (Å²) in [5, 5.41) is 16.3. The number of carbonyl (C=O) groups is 1. The fourth-order valence-corrected chi connectivity index (χ4v) is 3.26. The standard InChI is InChI=1S/C21H17ClFN5O2/c1-12-19(21(29)24-16-9-7-15(23)8-10-16)25-26-20-18(13-3-5-14(22)6-4-13)17(11-30-2)27-28(12)20/h3-10H,11H2,1-2H3,(H,24,29). The molecule has 2 aromatic heterocycles. The van der Waals surface area contributed by atoms with E-state index in [2.05, 4.69) is 20.6 Å². The quantitative estimate of drug-likeness (QED) is 0.515. The van der Waals surface area contributed by atoms with Crippen LogP contribution in [0.25, 0.3) is 16.8 Å². The van der Waals surface area contributed by atoms with E-state index in [-0.39, 0.29) is 18.1 Å². The Morgan fingerprint density at radius 2 is 1.83 bits per heavy atom. The zero-order valence-corrected chi connectivity index (χ0v) is 16.9. The molecule has 0 spiro atoms. The Kier molecular flexibility index (Phi) is 5.43. The predicted molar refractivity (Wildman–Crippen MR) is 111 cm³/mol. The van der Waals surface area contributed by atoms with Gasteiger partial charge in [0.15, 0.2) is 11.3 Å². The summed E-state index contributed by atoms with van der Waals surface area (Å²) < 4.78 is 20.0. The van der Waals surface area contributed by atoms with Gasteiger partial charge in [0.1, 0.15) is 5.82 Å². The molecule has 0 saturated heterocycles. The second-order valence-electron chi connectivity index (χ2n) is 6.59. The van der Waals surface area contributed by atoms with Crippen molar-refractivity contribution in [2.45, 2.75) is 13.5 Å². The van der Waals surface area contributed by atoms with E-state index < -0.39 is 5.91 Å². The second-order valence-corrected chi connectivity index (χ2v) is 7.03. The Morgan fingerprint density at radius 1 is 1.13 bits per heavy atom. The van der Waals surface area contributed by atoms with Gasteiger partial charge in [-0.3, -0.25) is 4.79 Å². The zero-order valence-electron chi connectivity index (χ0n) is 16.2. The highest BCUT2D eigenvalue weighted by molar-refractivity contribution is 6.30. The highest BCUT2D eigenvalue weighted by atomic mass is 35.5. The number of carbonyl (C=O) groups excluding carboxylic acids is 1. The van der Waals surface area contributed by atoms with Crippen LogP contribution in [0.1, 0.15) is 21.9 Å². The van der Waals surface area contributed by atoms with Crippen LogP contribution < -0.4 is 5.32 Å². The lowest BCUT2D eigenvalue weighted by Gasteiger charge is -2.08. The maximum absolute atomic E-state index is 13.1. The molecule has 0 aliphatic carbocycles. The molecule has 152 valence electrons. The Hall–Kier alpha value is -3.36. The smallest absolute Gasteiger partial charge is 0.278 e. The van der Waals surface area contributed by atoms with E-state index >= 15 is 0 Å². The number of hydrogen-bond acceptors (Lipinski definition) is 5. The van der Waals surface area contributed by atoms with Crippen LogP contribution in [0.5, 0.6) is 0 Å². The van der Waals surface area contributed by atoms with Gasteiger partial charge in [0.25, 0.3) is 5.91 Å². The zero-order chi connectivity index (χ0) is 21.3. The van der Waals surface area contributed by atoms with Crippen molar-refractivity contribution in [3.05, 3.63) is 76.5 Å². The average molecular weight is 426 g/mol. The van der Waals surface area contributed by atoms with Crippen molar-refractivity contribution >= 4 is 28.8 Å². The van der Waals surface area contributed by atoms with Gasteiger partial charge >= 0.3 is 0 Å². The molecule has 2 heterocycles. The number of rotatable bonds is 5. The Morgan fingerprint density at radius 3 is 2.50 bits per heavy atom. The average Bonchev–Trinajstić information content (AvgIpc) is 3.10. The number of nitrogens with zero attached hydrogens (tertiary/aromatic N) is 4. The van der Waals surface area contributed by atoms with Crippen LogP contribution in [-0.4, -0.2) is 32.8 Å². The minimum atomic E-state index is -0.467. The molecule has 30 heavy (non-hydrogen) atoms. The third kappa shape index (κ3) is 3.74. The number of benzene rings is 2. The van der Waals surface area contributed by atoms with Gasteiger partial charge in [0.05, 0.1) is 23.6 Å². The maximum atomic E-state index is 13.1. The molecular weight excluding hydrogens is 409 g/mol. The van der Waals surface area contributed by atoms with E-state index in [0.29, 0.717) is 27.7 Å². The molecular formula is C21H17ClFN5O2. The summed E-state index contributed by atoms with van der Waals surface area (Å²) in [6, 6.07) is 12.8. The lowest BCUT2D eigenvalue weighted by molar-refractivity contribution is 0.102. The van der Waals surface area contributed by atoms with Crippen LogP contribution in [0.3, 0.4) is 0 Å². The first-order chi connectivity index (χ1) is 14.5. The lowest BCUT2D eigenvalue weighted by atomic mass is 10.1. The van der Waals surface area contributed by atoms with Crippen LogP contribution in [0.15, 0.2) is 48.5 Å². The Labute approximate surface area is 176 Å². The van der Waals surface area contributed by atoms with Crippen LogP contribution in [0.4, 0.5) is 10.1 Å². The van der Waals surface area contributed by atoms with Crippen LogP contribution in [0.2, 0.25) is 5.02 Å². The van der Waals surface area contributed by atoms with Crippen molar-refractivity contribution in [1.29, 1.82) is 0 Å². The van der Waals surface area contributed by atoms with Gasteiger partial charge in [-0.1, -0.05) is 23.7 Å². The SMILES string of the molecule is COCc1nn2c(C)c(C(=O)Nc3ccc(F)cc3)nnc2c1-c1ccc(Cl)cc1. The van der Waals surface area contributed by atoms with Crippen molar-refractivity contribution in [1.82, 2.24) is 19.8 Å². The number of methoxy groups -OCH3 is 1. The van der Waals surface area contributed by atoms with Gasteiger partial charge in [-0.25, -0.2) is 8.91 Å². The summed E-state index contributed by atoms with van der Waals surface area (Å²) in [4.78, 5) is 12.7. The van der Waals surface area contributed by atoms with Crippen molar-refractivity contribution in [2.75, 3.05) is 12.4 Å². The number of halogens is 2. The largest absolute Gasteiger partial charge is 0.378 e. The van der Waals surface area contributed by atoms with Crippen molar-refractivity contribution in [3.63, 3.8) is 0 Å². The Balaban J connectivity index is 1.77. The highest BCUT2D eigenvalue weighted by Gasteiger charge is 2.22. The number of anilines is 1. The Bertz CT molecular complexity index is 1220. The number of hydrogen-bond donors (Lipinski definition) is 1. The van der Waals surface area contributed by atoms with Crippen LogP contribution in [-0.2, 0) is 11.3 Å². The molecule has 0 fully saturated rings. The van der Waals surface area contributed by atoms with E-state index in [9.17, 15) is 9.18 Å². The third-order valence-electron chi connectivity index (χ3n) is 4.57. The molecule has 2 aromatic carbocycles. The van der Waals surface area contributed by atoms with E-state index in [1.54, 1.807) is 30.7 Å². The normalized spacial score (nSPS) is 11.1. The van der Waals surface area contributed by atoms with Crippen molar-refractivity contribution < 1.29 is 13.9 Å². The molecule has 4 rings (SSSR count). The number of fused-ring (bicyclic) bond motifs is 1. The molecule has 7 nitrogen and oxygen atoms in total. The van der Waals surface area contributed by atoms with E-state index in [1.165, 1.54) is 24.3 Å². The van der Waals surface area contributed by atoms with Gasteiger partial charge in [-0.05, 0) is 48.9 Å². The van der Waals surface area contributed by atoms with Gasteiger partial charge in [-0.15, -0.1) is 10.2 Å². The number of amides is 1. The number of aromatic nitrogens is 4. The topological polar surface area (TPSA) is 81.4 Å². The summed E-state index contributed by atoms with van der Waals surface area (Å²) in [5.41, 5.74) is 3.85. The first-order valence-corrected chi connectivity index (χ1v) is 9.42. The molecule has 0 bridgehead atoms. The molecule has 0 saturated carbocycles. The van der Waals surface area contributed by atoms with E-state index in [0.717, 1.165) is 11.1 Å². The van der Waals surface area contributed by atoms with E-state index in [1.807, 2.05) is 12.1 Å². The molecule has 0 aliphatic rings. The van der Waals surface area contributed by atoms with Gasteiger partial charge < -0.3 is 10.1 Å². The molecule has 0 radical (unpaired) electrons. The lowest BCUT2D eigenvalue weighted by Crippen LogP contribution is -2.18. The second kappa shape index (κ2) is 8.17. The molecule has 1 N–H and O–H groups in total. The predicted octanol–water partition coefficient (Wildman–Crippen LogP) is 4.29. The van der Waals surface area contributed by atoms with Crippen molar-refractivity contribution in [3.8, 4) is 11.1 Å².